The zero-order chi connectivity index (χ0) is 18.2. The number of rotatable bonds is 9. The van der Waals surface area contributed by atoms with E-state index in [1.165, 1.54) is 7.11 Å². The fraction of sp³-hybridized carbons (Fsp3) is 0.316. The Labute approximate surface area is 173 Å². The minimum Gasteiger partial charge on any atom is -0.496 e. The van der Waals surface area contributed by atoms with Crippen molar-refractivity contribution in [3.05, 3.63) is 52.5 Å². The van der Waals surface area contributed by atoms with Crippen LogP contribution >= 0.6 is 20.2 Å². The number of carbonyl (C=O) groups is 1. The Kier molecular flexibility index (Phi) is 10.3. The molecule has 0 amide bonds. The van der Waals surface area contributed by atoms with E-state index < -0.39 is 0 Å². The molecule has 0 heterocycles. The number of hydrogen-bond donors (Lipinski definition) is 0. The predicted octanol–water partition coefficient (Wildman–Crippen LogP) is 3.84. The second kappa shape index (κ2) is 11.6. The minimum atomic E-state index is -0.0458. The summed E-state index contributed by atoms with van der Waals surface area (Å²) in [5.41, 5.74) is 1.39. The van der Waals surface area contributed by atoms with E-state index in [-0.39, 0.29) is 33.0 Å². The van der Waals surface area contributed by atoms with E-state index in [1.807, 2.05) is 32.0 Å². The molecular formula is C19H22ClLiO4P. The van der Waals surface area contributed by atoms with Crippen LogP contribution in [0.5, 0.6) is 11.5 Å². The molecule has 1 radical (unpaired) electrons. The first-order valence-corrected chi connectivity index (χ1v) is 9.39. The minimum absolute atomic E-state index is 0. The first kappa shape index (κ1) is 23.0. The molecule has 2 rings (SSSR count). The SMILES string of the molecule is CCOCCOc1ccc(PC(=O)c2c(Cl)cccc2OC)c(C)c1.[Li]. The summed E-state index contributed by atoms with van der Waals surface area (Å²) >= 11 is 6.19. The van der Waals surface area contributed by atoms with Gasteiger partial charge in [-0.15, -0.1) is 0 Å². The fourth-order valence-electron chi connectivity index (χ4n) is 2.31. The van der Waals surface area contributed by atoms with Gasteiger partial charge in [0.15, 0.2) is 5.52 Å². The summed E-state index contributed by atoms with van der Waals surface area (Å²) in [6, 6.07) is 10.9. The molecule has 0 saturated carbocycles. The number of methoxy groups -OCH3 is 1. The van der Waals surface area contributed by atoms with Gasteiger partial charge in [0.2, 0.25) is 0 Å². The summed E-state index contributed by atoms with van der Waals surface area (Å²) < 4.78 is 16.2. The van der Waals surface area contributed by atoms with Crippen LogP contribution in [0.4, 0.5) is 0 Å². The number of aryl methyl sites for hydroxylation is 1. The Morgan fingerprint density at radius 2 is 1.96 bits per heavy atom. The van der Waals surface area contributed by atoms with Gasteiger partial charge in [-0.2, -0.15) is 0 Å². The average molecular weight is 388 g/mol. The molecule has 0 spiro atoms. The molecule has 1 unspecified atom stereocenters. The van der Waals surface area contributed by atoms with Crippen LogP contribution in [0.2, 0.25) is 5.02 Å². The zero-order valence-corrected chi connectivity index (χ0v) is 17.4. The quantitative estimate of drug-likeness (QED) is 0.372. The molecule has 135 valence electrons. The summed E-state index contributed by atoms with van der Waals surface area (Å²) in [6.07, 6.45) is 0. The van der Waals surface area contributed by atoms with Crippen molar-refractivity contribution in [2.75, 3.05) is 26.9 Å². The van der Waals surface area contributed by atoms with Crippen molar-refractivity contribution in [2.45, 2.75) is 13.8 Å². The van der Waals surface area contributed by atoms with E-state index in [0.717, 1.165) is 16.6 Å². The van der Waals surface area contributed by atoms with Crippen molar-refractivity contribution in [3.63, 3.8) is 0 Å². The zero-order valence-electron chi connectivity index (χ0n) is 15.6. The summed E-state index contributed by atoms with van der Waals surface area (Å²) in [7, 11) is 1.50. The van der Waals surface area contributed by atoms with E-state index >= 15 is 0 Å². The molecule has 0 N–H and O–H groups in total. The van der Waals surface area contributed by atoms with Crippen molar-refractivity contribution >= 4 is 49.9 Å². The molecule has 1 atom stereocenters. The molecule has 0 bridgehead atoms. The molecule has 0 saturated heterocycles. The van der Waals surface area contributed by atoms with Crippen molar-refractivity contribution in [1.29, 1.82) is 0 Å². The van der Waals surface area contributed by atoms with Crippen LogP contribution in [0.25, 0.3) is 0 Å². The normalized spacial score (nSPS) is 10.6. The molecular weight excluding hydrogens is 366 g/mol. The molecule has 7 heteroatoms. The largest absolute Gasteiger partial charge is 0.496 e. The summed E-state index contributed by atoms with van der Waals surface area (Å²) in [6.45, 7) is 5.66. The molecule has 26 heavy (non-hydrogen) atoms. The van der Waals surface area contributed by atoms with Crippen LogP contribution in [0.3, 0.4) is 0 Å². The molecule has 2 aromatic carbocycles. The van der Waals surface area contributed by atoms with Gasteiger partial charge in [0.05, 0.1) is 24.3 Å². The third-order valence-electron chi connectivity index (χ3n) is 3.57. The maximum absolute atomic E-state index is 12.7. The van der Waals surface area contributed by atoms with Gasteiger partial charge in [-0.1, -0.05) is 23.7 Å². The van der Waals surface area contributed by atoms with Gasteiger partial charge >= 0.3 is 0 Å². The molecule has 0 aliphatic heterocycles. The Hall–Kier alpha value is -1.01. The van der Waals surface area contributed by atoms with Crippen molar-refractivity contribution < 1.29 is 19.0 Å². The predicted molar refractivity (Wildman–Crippen MR) is 109 cm³/mol. The van der Waals surface area contributed by atoms with Gasteiger partial charge in [0.25, 0.3) is 0 Å². The van der Waals surface area contributed by atoms with Crippen LogP contribution < -0.4 is 14.8 Å². The Morgan fingerprint density at radius 3 is 2.62 bits per heavy atom. The van der Waals surface area contributed by atoms with Crippen LogP contribution in [0.1, 0.15) is 22.8 Å². The Morgan fingerprint density at radius 1 is 1.19 bits per heavy atom. The molecule has 0 aromatic heterocycles. The maximum Gasteiger partial charge on any atom is 0.190 e. The van der Waals surface area contributed by atoms with E-state index in [2.05, 4.69) is 0 Å². The molecule has 4 nitrogen and oxygen atoms in total. The third kappa shape index (κ3) is 6.30. The third-order valence-corrected chi connectivity index (χ3v) is 5.19. The summed E-state index contributed by atoms with van der Waals surface area (Å²) in [4.78, 5) is 12.7. The smallest absolute Gasteiger partial charge is 0.190 e. The number of halogens is 1. The molecule has 0 aliphatic carbocycles. The number of benzene rings is 2. The van der Waals surface area contributed by atoms with Crippen molar-refractivity contribution in [2.24, 2.45) is 0 Å². The van der Waals surface area contributed by atoms with Gasteiger partial charge in [-0.05, 0) is 57.6 Å². The van der Waals surface area contributed by atoms with E-state index in [0.29, 0.717) is 36.2 Å². The van der Waals surface area contributed by atoms with E-state index in [1.54, 1.807) is 18.2 Å². The van der Waals surface area contributed by atoms with Crippen molar-refractivity contribution in [1.82, 2.24) is 0 Å². The first-order valence-electron chi connectivity index (χ1n) is 8.01. The van der Waals surface area contributed by atoms with Crippen LogP contribution in [-0.4, -0.2) is 51.3 Å². The van der Waals surface area contributed by atoms with E-state index in [9.17, 15) is 4.79 Å². The maximum atomic E-state index is 12.7. The average Bonchev–Trinajstić information content (AvgIpc) is 2.60. The first-order chi connectivity index (χ1) is 12.1. The summed E-state index contributed by atoms with van der Waals surface area (Å²) in [5, 5.41) is 1.37. The standard InChI is InChI=1S/C19H22ClO4P.Li/c1-4-23-10-11-24-14-8-9-17(13(2)12-14)25-19(21)18-15(20)6-5-7-16(18)22-3;/h5-9,12,25H,4,10-11H2,1-3H3;. The number of ether oxygens (including phenoxy) is 3. The number of carbonyl (C=O) groups excluding carboxylic acids is 1. The Balaban J connectivity index is 0.00000338. The van der Waals surface area contributed by atoms with Crippen molar-refractivity contribution in [3.8, 4) is 11.5 Å². The van der Waals surface area contributed by atoms with Crippen LogP contribution in [-0.2, 0) is 4.74 Å². The second-order valence-electron chi connectivity index (χ2n) is 5.29. The van der Waals surface area contributed by atoms with Gasteiger partial charge in [-0.3, -0.25) is 4.79 Å². The molecule has 2 aromatic rings. The Bertz CT molecular complexity index is 739. The van der Waals surface area contributed by atoms with Gasteiger partial charge in [0.1, 0.15) is 18.1 Å². The second-order valence-corrected chi connectivity index (χ2v) is 6.94. The van der Waals surface area contributed by atoms with Crippen LogP contribution in [0.15, 0.2) is 36.4 Å². The monoisotopic (exact) mass is 387 g/mol. The van der Waals surface area contributed by atoms with Gasteiger partial charge in [0, 0.05) is 25.5 Å². The molecule has 0 aliphatic rings. The van der Waals surface area contributed by atoms with Gasteiger partial charge in [-0.25, -0.2) is 0 Å². The summed E-state index contributed by atoms with van der Waals surface area (Å²) in [5.74, 6) is 1.27. The van der Waals surface area contributed by atoms with E-state index in [4.69, 9.17) is 25.8 Å². The number of hydrogen-bond acceptors (Lipinski definition) is 4. The fourth-order valence-corrected chi connectivity index (χ4v) is 3.70. The van der Waals surface area contributed by atoms with Crippen LogP contribution in [0, 0.1) is 6.92 Å². The van der Waals surface area contributed by atoms with Gasteiger partial charge < -0.3 is 14.2 Å². The molecule has 0 fully saturated rings. The topological polar surface area (TPSA) is 44.8 Å².